The number of ether oxygens (including phenoxy) is 1. The highest BCUT2D eigenvalue weighted by atomic mass is 35.5. The Balaban J connectivity index is 1.33. The van der Waals surface area contributed by atoms with Crippen molar-refractivity contribution in [2.24, 2.45) is 0 Å². The highest BCUT2D eigenvalue weighted by Crippen LogP contribution is 2.49. The molecule has 2 N–H and O–H groups in total. The average Bonchev–Trinajstić information content (AvgIpc) is 3.64. The summed E-state index contributed by atoms with van der Waals surface area (Å²) in [7, 11) is 0. The third-order valence-electron chi connectivity index (χ3n) is 6.68. The standard InChI is InChI=1S/C28H22ClF2N3O4/c1-16(20-4-2-3-5-22(20)29)38-27(37)33-25-24(31)15-32-34(25)19-9-6-17(7-10-19)21-11-8-18(14-23(21)30)28(12-13-28)26(35)36/h2-11,14-16H,12-13H2,1H3,(H,33,37)(H,35,36). The summed E-state index contributed by atoms with van der Waals surface area (Å²) in [5.41, 5.74) is 1.29. The van der Waals surface area contributed by atoms with Crippen LogP contribution in [0.1, 0.15) is 37.0 Å². The minimum atomic E-state index is -0.997. The van der Waals surface area contributed by atoms with E-state index in [2.05, 4.69) is 10.4 Å². The number of amides is 1. The third kappa shape index (κ3) is 4.72. The van der Waals surface area contributed by atoms with Gasteiger partial charge in [0.2, 0.25) is 0 Å². The van der Waals surface area contributed by atoms with E-state index in [1.807, 2.05) is 0 Å². The summed E-state index contributed by atoms with van der Waals surface area (Å²) >= 11 is 6.15. The number of rotatable bonds is 7. The second-order valence-corrected chi connectivity index (χ2v) is 9.48. The zero-order valence-corrected chi connectivity index (χ0v) is 20.9. The molecular formula is C28H22ClF2N3O4. The monoisotopic (exact) mass is 537 g/mol. The van der Waals surface area contributed by atoms with Crippen LogP contribution in [-0.4, -0.2) is 26.9 Å². The van der Waals surface area contributed by atoms with Crippen LogP contribution >= 0.6 is 11.6 Å². The molecule has 0 bridgehead atoms. The first-order chi connectivity index (χ1) is 18.2. The molecule has 38 heavy (non-hydrogen) atoms. The predicted octanol–water partition coefficient (Wildman–Crippen LogP) is 6.90. The number of nitrogens with one attached hydrogen (secondary N) is 1. The van der Waals surface area contributed by atoms with E-state index in [0.29, 0.717) is 45.8 Å². The van der Waals surface area contributed by atoms with Gasteiger partial charge in [-0.2, -0.15) is 5.10 Å². The number of aromatic nitrogens is 2. The molecule has 1 atom stereocenters. The molecule has 1 saturated carbocycles. The molecule has 1 amide bonds. The van der Waals surface area contributed by atoms with Crippen molar-refractivity contribution in [1.29, 1.82) is 0 Å². The molecule has 0 radical (unpaired) electrons. The Morgan fingerprint density at radius 3 is 2.42 bits per heavy atom. The zero-order valence-electron chi connectivity index (χ0n) is 20.1. The third-order valence-corrected chi connectivity index (χ3v) is 7.02. The first kappa shape index (κ1) is 25.4. The Morgan fingerprint density at radius 1 is 1.08 bits per heavy atom. The van der Waals surface area contributed by atoms with Gasteiger partial charge in [-0.25, -0.2) is 18.3 Å². The molecule has 194 valence electrons. The second kappa shape index (κ2) is 9.90. The number of carbonyl (C=O) groups excluding carboxylic acids is 1. The van der Waals surface area contributed by atoms with E-state index in [4.69, 9.17) is 16.3 Å². The lowest BCUT2D eigenvalue weighted by atomic mass is 9.93. The van der Waals surface area contributed by atoms with Crippen molar-refractivity contribution >= 4 is 29.5 Å². The SMILES string of the molecule is CC(OC(=O)Nc1c(F)cnn1-c1ccc(-c2ccc(C3(C(=O)O)CC3)cc2F)cc1)c1ccccc1Cl. The van der Waals surface area contributed by atoms with Gasteiger partial charge >= 0.3 is 12.1 Å². The molecule has 7 nitrogen and oxygen atoms in total. The molecule has 3 aromatic carbocycles. The number of hydrogen-bond acceptors (Lipinski definition) is 4. The predicted molar refractivity (Wildman–Crippen MR) is 137 cm³/mol. The fraction of sp³-hybridized carbons (Fsp3) is 0.179. The van der Waals surface area contributed by atoms with Crippen LogP contribution in [0.4, 0.5) is 19.4 Å². The van der Waals surface area contributed by atoms with Crippen LogP contribution < -0.4 is 5.32 Å². The number of carbonyl (C=O) groups is 2. The first-order valence-corrected chi connectivity index (χ1v) is 12.2. The lowest BCUT2D eigenvalue weighted by molar-refractivity contribution is -0.140. The Morgan fingerprint density at radius 2 is 1.79 bits per heavy atom. The highest BCUT2D eigenvalue weighted by molar-refractivity contribution is 6.31. The van der Waals surface area contributed by atoms with Crippen molar-refractivity contribution in [2.75, 3.05) is 5.32 Å². The fourth-order valence-electron chi connectivity index (χ4n) is 4.37. The Bertz CT molecular complexity index is 1530. The van der Waals surface area contributed by atoms with Crippen molar-refractivity contribution < 1.29 is 28.2 Å². The largest absolute Gasteiger partial charge is 0.481 e. The quantitative estimate of drug-likeness (QED) is 0.267. The maximum Gasteiger partial charge on any atom is 0.413 e. The molecule has 1 unspecified atom stereocenters. The number of aliphatic carboxylic acids is 1. The fourth-order valence-corrected chi connectivity index (χ4v) is 4.66. The van der Waals surface area contributed by atoms with Gasteiger partial charge in [0.15, 0.2) is 11.6 Å². The number of nitrogens with zero attached hydrogens (tertiary/aromatic N) is 2. The average molecular weight is 538 g/mol. The van der Waals surface area contributed by atoms with Gasteiger partial charge in [0.05, 0.1) is 17.3 Å². The van der Waals surface area contributed by atoms with Crippen LogP contribution in [0, 0.1) is 11.6 Å². The van der Waals surface area contributed by atoms with Crippen LogP contribution in [0.5, 0.6) is 0 Å². The summed E-state index contributed by atoms with van der Waals surface area (Å²) in [6.07, 6.45) is 0.342. The Hall–Kier alpha value is -4.24. The molecule has 0 saturated heterocycles. The minimum absolute atomic E-state index is 0.229. The molecule has 1 aromatic heterocycles. The summed E-state index contributed by atoms with van der Waals surface area (Å²) in [6.45, 7) is 1.64. The minimum Gasteiger partial charge on any atom is -0.481 e. The van der Waals surface area contributed by atoms with E-state index >= 15 is 0 Å². The van der Waals surface area contributed by atoms with Crippen molar-refractivity contribution in [2.45, 2.75) is 31.3 Å². The molecule has 4 aromatic rings. The van der Waals surface area contributed by atoms with Crippen molar-refractivity contribution in [3.05, 3.63) is 101 Å². The molecule has 1 fully saturated rings. The number of carboxylic acids is 1. The number of halogens is 3. The lowest BCUT2D eigenvalue weighted by Crippen LogP contribution is -2.19. The van der Waals surface area contributed by atoms with Crippen LogP contribution in [0.25, 0.3) is 16.8 Å². The van der Waals surface area contributed by atoms with Gasteiger partial charge in [-0.3, -0.25) is 10.1 Å². The van der Waals surface area contributed by atoms with Gasteiger partial charge in [0, 0.05) is 16.1 Å². The maximum absolute atomic E-state index is 14.9. The van der Waals surface area contributed by atoms with Crippen molar-refractivity contribution in [3.8, 4) is 16.8 Å². The summed E-state index contributed by atoms with van der Waals surface area (Å²) in [6, 6.07) is 17.8. The van der Waals surface area contributed by atoms with Crippen LogP contribution in [0.2, 0.25) is 5.02 Å². The van der Waals surface area contributed by atoms with Gasteiger partial charge in [-0.15, -0.1) is 0 Å². The molecule has 10 heteroatoms. The number of hydrogen-bond donors (Lipinski definition) is 2. The summed E-state index contributed by atoms with van der Waals surface area (Å²) in [5, 5.41) is 16.3. The highest BCUT2D eigenvalue weighted by Gasteiger charge is 2.51. The van der Waals surface area contributed by atoms with Gasteiger partial charge in [0.1, 0.15) is 11.9 Å². The maximum atomic E-state index is 14.9. The molecular weight excluding hydrogens is 516 g/mol. The van der Waals surface area contributed by atoms with Gasteiger partial charge in [-0.05, 0) is 55.2 Å². The van der Waals surface area contributed by atoms with E-state index in [9.17, 15) is 23.5 Å². The zero-order chi connectivity index (χ0) is 27.0. The normalized spacial score (nSPS) is 14.5. The topological polar surface area (TPSA) is 93.5 Å². The summed E-state index contributed by atoms with van der Waals surface area (Å²) in [4.78, 5) is 24.1. The molecule has 1 aliphatic rings. The molecule has 0 spiro atoms. The second-order valence-electron chi connectivity index (χ2n) is 9.08. The van der Waals surface area contributed by atoms with E-state index in [-0.39, 0.29) is 5.82 Å². The van der Waals surface area contributed by atoms with Gasteiger partial charge in [0.25, 0.3) is 0 Å². The molecule has 1 aliphatic carbocycles. The number of benzene rings is 3. The number of anilines is 1. The Kier molecular flexibility index (Phi) is 6.62. The number of carboxylic acid groups (broad SMARTS) is 1. The first-order valence-electron chi connectivity index (χ1n) is 11.8. The van der Waals surface area contributed by atoms with Gasteiger partial charge in [-0.1, -0.05) is 54.1 Å². The van der Waals surface area contributed by atoms with E-state index in [1.165, 1.54) is 10.7 Å². The summed E-state index contributed by atoms with van der Waals surface area (Å²) < 4.78 is 36.0. The van der Waals surface area contributed by atoms with Crippen molar-refractivity contribution in [3.63, 3.8) is 0 Å². The van der Waals surface area contributed by atoms with E-state index in [1.54, 1.807) is 67.6 Å². The van der Waals surface area contributed by atoms with Crippen LogP contribution in [0.15, 0.2) is 72.9 Å². The smallest absolute Gasteiger partial charge is 0.413 e. The molecule has 5 rings (SSSR count). The Labute approximate surface area is 221 Å². The molecule has 1 heterocycles. The lowest BCUT2D eigenvalue weighted by Gasteiger charge is -2.16. The van der Waals surface area contributed by atoms with Crippen LogP contribution in [0.3, 0.4) is 0 Å². The molecule has 0 aliphatic heterocycles. The van der Waals surface area contributed by atoms with Crippen molar-refractivity contribution in [1.82, 2.24) is 9.78 Å². The van der Waals surface area contributed by atoms with Gasteiger partial charge < -0.3 is 9.84 Å². The van der Waals surface area contributed by atoms with E-state index in [0.717, 1.165) is 6.20 Å². The van der Waals surface area contributed by atoms with Crippen LogP contribution in [-0.2, 0) is 14.9 Å². The van der Waals surface area contributed by atoms with E-state index < -0.39 is 35.2 Å². The summed E-state index contributed by atoms with van der Waals surface area (Å²) in [5.74, 6) is -2.49.